The molecule has 30 heavy (non-hydrogen) atoms. The highest BCUT2D eigenvalue weighted by molar-refractivity contribution is 5.91. The average molecular weight is 402 g/mol. The van der Waals surface area contributed by atoms with Crippen LogP contribution in [0.25, 0.3) is 6.08 Å². The Labute approximate surface area is 175 Å². The molecule has 0 spiro atoms. The van der Waals surface area contributed by atoms with Gasteiger partial charge < -0.3 is 14.2 Å². The lowest BCUT2D eigenvalue weighted by Gasteiger charge is -2.07. The second kappa shape index (κ2) is 10.6. The molecule has 0 saturated heterocycles. The second-order valence-corrected chi connectivity index (χ2v) is 6.35. The Balaban J connectivity index is 1.58. The molecule has 152 valence electrons. The van der Waals surface area contributed by atoms with Crippen molar-refractivity contribution in [3.05, 3.63) is 102 Å². The molecular formula is C25H22O5. The molecule has 0 aromatic heterocycles. The quantitative estimate of drug-likeness (QED) is 0.299. The summed E-state index contributed by atoms with van der Waals surface area (Å²) in [5.74, 6) is -0.0310. The molecule has 0 atom stereocenters. The first-order chi connectivity index (χ1) is 14.6. The number of carbonyl (C=O) groups excluding carboxylic acids is 2. The molecule has 0 bridgehead atoms. The lowest BCUT2D eigenvalue weighted by molar-refractivity contribution is -0.128. The van der Waals surface area contributed by atoms with E-state index in [2.05, 4.69) is 0 Å². The lowest BCUT2D eigenvalue weighted by Crippen LogP contribution is -2.07. The third-order valence-corrected chi connectivity index (χ3v) is 4.08. The van der Waals surface area contributed by atoms with Crippen LogP contribution >= 0.6 is 0 Å². The third kappa shape index (κ3) is 6.34. The Kier molecular flexibility index (Phi) is 7.39. The van der Waals surface area contributed by atoms with Crippen molar-refractivity contribution in [1.29, 1.82) is 0 Å². The van der Waals surface area contributed by atoms with Crippen LogP contribution < -0.4 is 9.47 Å². The van der Waals surface area contributed by atoms with Crippen LogP contribution in [0, 0.1) is 0 Å². The second-order valence-electron chi connectivity index (χ2n) is 6.35. The highest BCUT2D eigenvalue weighted by Crippen LogP contribution is 2.17. The number of hydrogen-bond acceptors (Lipinski definition) is 5. The van der Waals surface area contributed by atoms with Gasteiger partial charge in [0.25, 0.3) is 0 Å². The molecule has 0 aliphatic rings. The molecule has 0 heterocycles. The first-order valence-corrected chi connectivity index (χ1v) is 9.58. The number of esters is 2. The van der Waals surface area contributed by atoms with Gasteiger partial charge >= 0.3 is 11.9 Å². The smallest absolute Gasteiger partial charge is 0.338 e. The molecule has 0 fully saturated rings. The van der Waals surface area contributed by atoms with Crippen molar-refractivity contribution in [2.24, 2.45) is 0 Å². The molecule has 5 heteroatoms. The maximum absolute atomic E-state index is 12.1. The fourth-order valence-corrected chi connectivity index (χ4v) is 2.66. The number of benzene rings is 3. The summed E-state index contributed by atoms with van der Waals surface area (Å²) >= 11 is 0. The van der Waals surface area contributed by atoms with Gasteiger partial charge in [0.05, 0.1) is 12.2 Å². The topological polar surface area (TPSA) is 61.8 Å². The summed E-state index contributed by atoms with van der Waals surface area (Å²) in [5.41, 5.74) is 2.21. The molecule has 3 aromatic rings. The van der Waals surface area contributed by atoms with Gasteiger partial charge in [-0.25, -0.2) is 9.59 Å². The molecule has 3 rings (SSSR count). The van der Waals surface area contributed by atoms with E-state index < -0.39 is 11.9 Å². The van der Waals surface area contributed by atoms with E-state index in [-0.39, 0.29) is 12.4 Å². The minimum Gasteiger partial charge on any atom is -0.489 e. The Morgan fingerprint density at radius 1 is 0.867 bits per heavy atom. The van der Waals surface area contributed by atoms with Crippen molar-refractivity contribution in [3.8, 4) is 11.5 Å². The number of hydrogen-bond donors (Lipinski definition) is 0. The highest BCUT2D eigenvalue weighted by Gasteiger charge is 2.08. The van der Waals surface area contributed by atoms with E-state index in [1.54, 1.807) is 31.2 Å². The van der Waals surface area contributed by atoms with Crippen molar-refractivity contribution in [3.63, 3.8) is 0 Å². The number of carbonyl (C=O) groups is 2. The van der Waals surface area contributed by atoms with Gasteiger partial charge in [-0.2, -0.15) is 0 Å². The first kappa shape index (κ1) is 20.9. The monoisotopic (exact) mass is 402 g/mol. The summed E-state index contributed by atoms with van der Waals surface area (Å²) in [5, 5.41) is 0. The van der Waals surface area contributed by atoms with E-state index in [0.29, 0.717) is 17.9 Å². The van der Waals surface area contributed by atoms with E-state index >= 15 is 0 Å². The van der Waals surface area contributed by atoms with Gasteiger partial charge in [0.15, 0.2) is 0 Å². The van der Waals surface area contributed by atoms with Crippen molar-refractivity contribution in [2.75, 3.05) is 6.61 Å². The Bertz CT molecular complexity index is 1020. The van der Waals surface area contributed by atoms with Crippen molar-refractivity contribution < 1.29 is 23.8 Å². The molecule has 3 aromatic carbocycles. The van der Waals surface area contributed by atoms with Crippen LogP contribution in [0.15, 0.2) is 84.9 Å². The zero-order chi connectivity index (χ0) is 21.2. The average Bonchev–Trinajstić information content (AvgIpc) is 2.78. The third-order valence-electron chi connectivity index (χ3n) is 4.08. The van der Waals surface area contributed by atoms with Gasteiger partial charge in [-0.3, -0.25) is 0 Å². The SMILES string of the molecule is CCOC(=O)c1cccc(OC(=O)/C=C/c2cccc(OCc3ccccc3)c2)c1. The standard InChI is InChI=1S/C25H22O5/c1-2-28-25(27)21-11-7-13-23(17-21)30-24(26)15-14-19-10-6-12-22(16-19)29-18-20-8-4-3-5-9-20/h3-17H,2,18H2,1H3/b15-14+. The van der Waals surface area contributed by atoms with Crippen LogP contribution in [0.5, 0.6) is 11.5 Å². The largest absolute Gasteiger partial charge is 0.489 e. The minimum absolute atomic E-state index is 0.273. The predicted octanol–water partition coefficient (Wildman–Crippen LogP) is 5.06. The molecule has 0 amide bonds. The molecule has 0 saturated carbocycles. The molecule has 0 aliphatic carbocycles. The van der Waals surface area contributed by atoms with Crippen LogP contribution in [-0.2, 0) is 16.1 Å². The first-order valence-electron chi connectivity index (χ1n) is 9.58. The van der Waals surface area contributed by atoms with Gasteiger partial charge in [0.1, 0.15) is 18.1 Å². The Hall–Kier alpha value is -3.86. The molecule has 5 nitrogen and oxygen atoms in total. The van der Waals surface area contributed by atoms with Gasteiger partial charge in [-0.05, 0) is 54.5 Å². The summed E-state index contributed by atoms with van der Waals surface area (Å²) in [6.07, 6.45) is 2.97. The summed E-state index contributed by atoms with van der Waals surface area (Å²) in [6.45, 7) is 2.47. The van der Waals surface area contributed by atoms with Crippen molar-refractivity contribution >= 4 is 18.0 Å². The molecular weight excluding hydrogens is 380 g/mol. The van der Waals surface area contributed by atoms with Crippen LogP contribution in [0.2, 0.25) is 0 Å². The summed E-state index contributed by atoms with van der Waals surface area (Å²) in [6, 6.07) is 23.6. The fourth-order valence-electron chi connectivity index (χ4n) is 2.66. The number of ether oxygens (including phenoxy) is 3. The minimum atomic E-state index is -0.549. The molecule has 0 radical (unpaired) electrons. The lowest BCUT2D eigenvalue weighted by atomic mass is 10.2. The maximum atomic E-state index is 12.1. The van der Waals surface area contributed by atoms with E-state index in [9.17, 15) is 9.59 Å². The Morgan fingerprint density at radius 2 is 1.63 bits per heavy atom. The molecule has 0 N–H and O–H groups in total. The van der Waals surface area contributed by atoms with Crippen LogP contribution in [0.1, 0.15) is 28.4 Å². The summed E-state index contributed by atoms with van der Waals surface area (Å²) in [7, 11) is 0. The summed E-state index contributed by atoms with van der Waals surface area (Å²) < 4.78 is 16.0. The van der Waals surface area contributed by atoms with Gasteiger partial charge in [0.2, 0.25) is 0 Å². The predicted molar refractivity (Wildman–Crippen MR) is 114 cm³/mol. The van der Waals surface area contributed by atoms with Gasteiger partial charge in [0, 0.05) is 6.08 Å². The molecule has 0 aliphatic heterocycles. The Morgan fingerprint density at radius 3 is 2.43 bits per heavy atom. The normalized spacial score (nSPS) is 10.6. The van der Waals surface area contributed by atoms with Crippen molar-refractivity contribution in [1.82, 2.24) is 0 Å². The van der Waals surface area contributed by atoms with Gasteiger partial charge in [-0.15, -0.1) is 0 Å². The van der Waals surface area contributed by atoms with Crippen LogP contribution in [0.4, 0.5) is 0 Å². The van der Waals surface area contributed by atoms with E-state index in [0.717, 1.165) is 11.1 Å². The van der Waals surface area contributed by atoms with E-state index in [4.69, 9.17) is 14.2 Å². The van der Waals surface area contributed by atoms with Crippen molar-refractivity contribution in [2.45, 2.75) is 13.5 Å². The zero-order valence-electron chi connectivity index (χ0n) is 16.6. The highest BCUT2D eigenvalue weighted by atomic mass is 16.5. The zero-order valence-corrected chi connectivity index (χ0v) is 16.6. The van der Waals surface area contributed by atoms with Gasteiger partial charge in [-0.1, -0.05) is 48.5 Å². The van der Waals surface area contributed by atoms with E-state index in [1.165, 1.54) is 12.1 Å². The molecule has 0 unspecified atom stereocenters. The number of rotatable bonds is 8. The van der Waals surface area contributed by atoms with E-state index in [1.807, 2.05) is 54.6 Å². The maximum Gasteiger partial charge on any atom is 0.338 e. The van der Waals surface area contributed by atoms with Crippen LogP contribution in [-0.4, -0.2) is 18.5 Å². The fraction of sp³-hybridized carbons (Fsp3) is 0.120. The summed E-state index contributed by atoms with van der Waals surface area (Å²) in [4.78, 5) is 23.9. The van der Waals surface area contributed by atoms with Crippen LogP contribution in [0.3, 0.4) is 0 Å².